The highest BCUT2D eigenvalue weighted by Crippen LogP contribution is 2.22. The van der Waals surface area contributed by atoms with Crippen LogP contribution in [-0.2, 0) is 32.5 Å². The van der Waals surface area contributed by atoms with Crippen LogP contribution in [0, 0.1) is 11.3 Å². The molecule has 0 unspecified atom stereocenters. The van der Waals surface area contributed by atoms with Crippen LogP contribution in [0.4, 0.5) is 4.79 Å². The maximum absolute atomic E-state index is 13.4. The van der Waals surface area contributed by atoms with Gasteiger partial charge in [0.05, 0.1) is 35.2 Å². The number of methoxy groups -OCH3 is 1. The Morgan fingerprint density at radius 3 is 2.29 bits per heavy atom. The van der Waals surface area contributed by atoms with Crippen molar-refractivity contribution in [2.75, 3.05) is 26.8 Å². The first kappa shape index (κ1) is 34.9. The molecule has 1 atom stereocenters. The second-order valence-electron chi connectivity index (χ2n) is 11.5. The summed E-state index contributed by atoms with van der Waals surface area (Å²) in [6, 6.07) is 30.4. The van der Waals surface area contributed by atoms with E-state index < -0.39 is 22.0 Å². The first-order chi connectivity index (χ1) is 23.7. The second-order valence-corrected chi connectivity index (χ2v) is 13.2. The monoisotopic (exact) mass is 683 g/mol. The Balaban J connectivity index is 1.18. The first-order valence-corrected chi connectivity index (χ1v) is 17.3. The Morgan fingerprint density at radius 1 is 0.898 bits per heavy atom. The number of hydrogen-bond donors (Lipinski definition) is 1. The van der Waals surface area contributed by atoms with E-state index >= 15 is 0 Å². The average Bonchev–Trinajstić information content (AvgIpc) is 3.14. The van der Waals surface area contributed by atoms with Gasteiger partial charge in [-0.2, -0.15) is 5.26 Å². The molecule has 49 heavy (non-hydrogen) atoms. The van der Waals surface area contributed by atoms with Crippen molar-refractivity contribution in [3.8, 4) is 17.6 Å². The van der Waals surface area contributed by atoms with Crippen molar-refractivity contribution in [3.05, 3.63) is 125 Å². The molecule has 254 valence electrons. The largest absolute Gasteiger partial charge is 0.492 e. The summed E-state index contributed by atoms with van der Waals surface area (Å²) < 4.78 is 51.7. The number of nitriles is 1. The third-order valence-electron chi connectivity index (χ3n) is 7.94. The fourth-order valence-electron chi connectivity index (χ4n) is 5.31. The Morgan fingerprint density at radius 2 is 1.61 bits per heavy atom. The van der Waals surface area contributed by atoms with Crippen LogP contribution in [0.15, 0.2) is 108 Å². The van der Waals surface area contributed by atoms with Crippen molar-refractivity contribution in [3.63, 3.8) is 0 Å². The minimum atomic E-state index is -4.00. The number of ether oxygens (including phenoxy) is 4. The highest BCUT2D eigenvalue weighted by atomic mass is 32.2. The van der Waals surface area contributed by atoms with Gasteiger partial charge in [0.25, 0.3) is 0 Å². The third-order valence-corrected chi connectivity index (χ3v) is 9.47. The molecule has 0 aliphatic carbocycles. The molecule has 0 radical (unpaired) electrons. The molecule has 11 nitrogen and oxygen atoms in total. The SMILES string of the molecule is COC(=O)c1ccc(S(=O)(=O)N[C@H](COc2cccc(C#N)c2)Cc2ccc(OC3CCN(C(=O)OCc4ccccc4)CC3)cc2)cc1. The minimum absolute atomic E-state index is 0.0149. The Labute approximate surface area is 286 Å². The molecule has 1 aliphatic rings. The van der Waals surface area contributed by atoms with E-state index in [0.29, 0.717) is 49.4 Å². The van der Waals surface area contributed by atoms with Crippen LogP contribution in [0.5, 0.6) is 11.5 Å². The quantitative estimate of drug-likeness (QED) is 0.181. The van der Waals surface area contributed by atoms with Crippen LogP contribution in [0.3, 0.4) is 0 Å². The van der Waals surface area contributed by atoms with Crippen LogP contribution in [-0.4, -0.2) is 64.3 Å². The van der Waals surface area contributed by atoms with E-state index in [1.807, 2.05) is 54.6 Å². The Hall–Kier alpha value is -5.38. The van der Waals surface area contributed by atoms with Crippen molar-refractivity contribution < 1.29 is 37.0 Å². The number of nitrogens with one attached hydrogen (secondary N) is 1. The number of likely N-dealkylation sites (tertiary alicyclic amines) is 1. The molecular weight excluding hydrogens is 646 g/mol. The number of benzene rings is 4. The number of hydrogen-bond acceptors (Lipinski definition) is 9. The van der Waals surface area contributed by atoms with Crippen molar-refractivity contribution in [1.29, 1.82) is 5.26 Å². The van der Waals surface area contributed by atoms with Gasteiger partial charge >= 0.3 is 12.1 Å². The molecule has 1 fully saturated rings. The molecule has 1 amide bonds. The molecule has 0 aromatic heterocycles. The van der Waals surface area contributed by atoms with Gasteiger partial charge in [-0.05, 0) is 72.1 Å². The molecule has 12 heteroatoms. The number of esters is 1. The zero-order valence-corrected chi connectivity index (χ0v) is 27.8. The van der Waals surface area contributed by atoms with E-state index in [9.17, 15) is 23.3 Å². The number of sulfonamides is 1. The lowest BCUT2D eigenvalue weighted by Gasteiger charge is -2.31. The van der Waals surface area contributed by atoms with Crippen molar-refractivity contribution in [2.24, 2.45) is 0 Å². The third kappa shape index (κ3) is 10.1. The van der Waals surface area contributed by atoms with Crippen LogP contribution in [0.2, 0.25) is 0 Å². The zero-order valence-electron chi connectivity index (χ0n) is 27.0. The minimum Gasteiger partial charge on any atom is -0.492 e. The summed E-state index contributed by atoms with van der Waals surface area (Å²) in [4.78, 5) is 26.0. The Kier molecular flexibility index (Phi) is 11.9. The van der Waals surface area contributed by atoms with Crippen LogP contribution < -0.4 is 14.2 Å². The normalized spacial score (nSPS) is 13.9. The predicted molar refractivity (Wildman–Crippen MR) is 181 cm³/mol. The Bertz CT molecular complexity index is 1850. The molecule has 1 heterocycles. The second kappa shape index (κ2) is 16.6. The summed E-state index contributed by atoms with van der Waals surface area (Å²) in [7, 11) is -2.75. The molecule has 4 aromatic carbocycles. The lowest BCUT2D eigenvalue weighted by molar-refractivity contribution is 0.0599. The first-order valence-electron chi connectivity index (χ1n) is 15.8. The lowest BCUT2D eigenvalue weighted by Crippen LogP contribution is -2.42. The van der Waals surface area contributed by atoms with Crippen LogP contribution >= 0.6 is 0 Å². The fraction of sp³-hybridized carbons (Fsp3) is 0.270. The molecule has 0 saturated carbocycles. The standard InChI is InChI=1S/C37H37N3O8S/c1-45-36(41)30-12-16-35(17-13-30)49(43,44)39-31(26-46-34-9-5-8-29(23-34)24-38)22-27-10-14-32(15-11-27)48-33-18-20-40(21-19-33)37(42)47-25-28-6-3-2-4-7-28/h2-17,23,31,33,39H,18-22,25-26H2,1H3/t31-/m0/s1. The number of nitrogens with zero attached hydrogens (tertiary/aromatic N) is 2. The van der Waals surface area contributed by atoms with Crippen LogP contribution in [0.1, 0.15) is 39.9 Å². The van der Waals surface area contributed by atoms with E-state index in [4.69, 9.17) is 18.9 Å². The maximum atomic E-state index is 13.4. The summed E-state index contributed by atoms with van der Waals surface area (Å²) in [6.07, 6.45) is 1.22. The maximum Gasteiger partial charge on any atom is 0.410 e. The summed E-state index contributed by atoms with van der Waals surface area (Å²) in [5.41, 5.74) is 2.43. The molecule has 1 saturated heterocycles. The summed E-state index contributed by atoms with van der Waals surface area (Å²) >= 11 is 0. The van der Waals surface area contributed by atoms with E-state index in [2.05, 4.69) is 10.8 Å². The zero-order chi connectivity index (χ0) is 34.6. The number of rotatable bonds is 13. The van der Waals surface area contributed by atoms with E-state index in [1.165, 1.54) is 31.4 Å². The molecule has 0 bridgehead atoms. The van der Waals surface area contributed by atoms with Gasteiger partial charge in [0, 0.05) is 25.9 Å². The predicted octanol–water partition coefficient (Wildman–Crippen LogP) is 5.49. The number of carbonyl (C=O) groups is 2. The van der Waals surface area contributed by atoms with Gasteiger partial charge < -0.3 is 23.8 Å². The van der Waals surface area contributed by atoms with Gasteiger partial charge in [0.1, 0.15) is 30.8 Å². The van der Waals surface area contributed by atoms with Gasteiger partial charge in [0.15, 0.2) is 0 Å². The molecular formula is C37H37N3O8S. The fourth-order valence-corrected chi connectivity index (χ4v) is 6.53. The van der Waals surface area contributed by atoms with Gasteiger partial charge in [0.2, 0.25) is 10.0 Å². The number of carbonyl (C=O) groups excluding carboxylic acids is 2. The van der Waals surface area contributed by atoms with Crippen LogP contribution in [0.25, 0.3) is 0 Å². The molecule has 1 aliphatic heterocycles. The molecule has 5 rings (SSSR count). The van der Waals surface area contributed by atoms with Gasteiger partial charge in [-0.1, -0.05) is 48.5 Å². The number of amides is 1. The number of piperidine rings is 1. The highest BCUT2D eigenvalue weighted by Gasteiger charge is 2.26. The lowest BCUT2D eigenvalue weighted by atomic mass is 10.1. The summed E-state index contributed by atoms with van der Waals surface area (Å²) in [6.45, 7) is 1.27. The van der Waals surface area contributed by atoms with Gasteiger partial charge in [-0.15, -0.1) is 0 Å². The van der Waals surface area contributed by atoms with E-state index in [1.54, 1.807) is 29.2 Å². The average molecular weight is 684 g/mol. The highest BCUT2D eigenvalue weighted by molar-refractivity contribution is 7.89. The topological polar surface area (TPSA) is 144 Å². The summed E-state index contributed by atoms with van der Waals surface area (Å²) in [5.74, 6) is 0.533. The van der Waals surface area contributed by atoms with Crippen molar-refractivity contribution in [2.45, 2.75) is 42.9 Å². The van der Waals surface area contributed by atoms with Crippen molar-refractivity contribution >= 4 is 22.1 Å². The van der Waals surface area contributed by atoms with Gasteiger partial charge in [-0.3, -0.25) is 0 Å². The molecule has 4 aromatic rings. The van der Waals surface area contributed by atoms with Gasteiger partial charge in [-0.25, -0.2) is 22.7 Å². The van der Waals surface area contributed by atoms with Crippen molar-refractivity contribution in [1.82, 2.24) is 9.62 Å². The smallest absolute Gasteiger partial charge is 0.410 e. The molecule has 1 N–H and O–H groups in total. The molecule has 0 spiro atoms. The van der Waals surface area contributed by atoms with E-state index in [-0.39, 0.29) is 35.9 Å². The summed E-state index contributed by atoms with van der Waals surface area (Å²) in [5, 5.41) is 9.24. The van der Waals surface area contributed by atoms with E-state index in [0.717, 1.165) is 11.1 Å².